The molecule has 0 amide bonds. The molecule has 0 aliphatic heterocycles. The van der Waals surface area contributed by atoms with Crippen molar-refractivity contribution in [3.8, 4) is 5.69 Å². The molecule has 6 nitrogen and oxygen atoms in total. The summed E-state index contributed by atoms with van der Waals surface area (Å²) in [5, 5.41) is 11.0. The smallest absolute Gasteiger partial charge is 0.143 e. The minimum absolute atomic E-state index is 0.401. The molecule has 78 valence electrons. The van der Waals surface area contributed by atoms with Gasteiger partial charge in [0.15, 0.2) is 0 Å². The molecular weight excluding hydrogens is 307 g/mol. The number of nitrogens with two attached hydrogens (primary N) is 2. The van der Waals surface area contributed by atoms with Gasteiger partial charge in [-0.2, -0.15) is 0 Å². The number of hydrogen-bond acceptors (Lipinski definition) is 5. The largest absolute Gasteiger partial charge is 0.398 e. The van der Waals surface area contributed by atoms with Gasteiger partial charge in [-0.05, 0) is 50.7 Å². The zero-order valence-corrected chi connectivity index (χ0v) is 9.92. The van der Waals surface area contributed by atoms with Crippen molar-refractivity contribution in [2.45, 2.75) is 6.54 Å². The summed E-state index contributed by atoms with van der Waals surface area (Å²) >= 11 is 2.16. The lowest BCUT2D eigenvalue weighted by Gasteiger charge is -2.08. The van der Waals surface area contributed by atoms with E-state index in [0.717, 1.165) is 20.5 Å². The van der Waals surface area contributed by atoms with Crippen LogP contribution in [0, 0.1) is 3.57 Å². The lowest BCUT2D eigenvalue weighted by atomic mass is 10.1. The molecule has 0 spiro atoms. The van der Waals surface area contributed by atoms with E-state index in [4.69, 9.17) is 11.5 Å². The Labute approximate surface area is 99.8 Å². The average molecular weight is 316 g/mol. The maximum Gasteiger partial charge on any atom is 0.143 e. The van der Waals surface area contributed by atoms with E-state index in [9.17, 15) is 0 Å². The van der Waals surface area contributed by atoms with Crippen LogP contribution in [0.4, 0.5) is 5.69 Å². The summed E-state index contributed by atoms with van der Waals surface area (Å²) in [5.41, 5.74) is 13.9. The summed E-state index contributed by atoms with van der Waals surface area (Å²) in [6.45, 7) is 0.401. The van der Waals surface area contributed by atoms with Crippen LogP contribution in [0.25, 0.3) is 5.69 Å². The Morgan fingerprint density at radius 1 is 1.40 bits per heavy atom. The molecule has 2 rings (SSSR count). The SMILES string of the molecule is NCc1cc(-n2cnnn2)cc(I)c1N. The lowest BCUT2D eigenvalue weighted by molar-refractivity contribution is 0.787. The Morgan fingerprint density at radius 3 is 2.80 bits per heavy atom. The van der Waals surface area contributed by atoms with Crippen LogP contribution in [-0.2, 0) is 6.54 Å². The van der Waals surface area contributed by atoms with Crippen molar-refractivity contribution in [1.29, 1.82) is 0 Å². The van der Waals surface area contributed by atoms with Crippen LogP contribution in [0.1, 0.15) is 5.56 Å². The molecule has 7 heteroatoms. The molecule has 0 fully saturated rings. The Hall–Kier alpha value is -1.22. The first-order valence-electron chi connectivity index (χ1n) is 4.23. The first-order chi connectivity index (χ1) is 7.22. The third-order valence-corrected chi connectivity index (χ3v) is 2.93. The Morgan fingerprint density at radius 2 is 2.20 bits per heavy atom. The average Bonchev–Trinajstić information content (AvgIpc) is 2.75. The van der Waals surface area contributed by atoms with Gasteiger partial charge in [-0.3, -0.25) is 0 Å². The molecule has 1 aromatic heterocycles. The fraction of sp³-hybridized carbons (Fsp3) is 0.125. The quantitative estimate of drug-likeness (QED) is 0.614. The highest BCUT2D eigenvalue weighted by Gasteiger charge is 2.06. The molecule has 1 heterocycles. The number of benzene rings is 1. The van der Waals surface area contributed by atoms with Gasteiger partial charge >= 0.3 is 0 Å². The third-order valence-electron chi connectivity index (χ3n) is 2.03. The van der Waals surface area contributed by atoms with E-state index in [0.29, 0.717) is 6.54 Å². The predicted molar refractivity (Wildman–Crippen MR) is 64.2 cm³/mol. The monoisotopic (exact) mass is 316 g/mol. The summed E-state index contributed by atoms with van der Waals surface area (Å²) in [6.07, 6.45) is 1.53. The second-order valence-electron chi connectivity index (χ2n) is 2.96. The zero-order chi connectivity index (χ0) is 10.8. The Kier molecular flexibility index (Phi) is 2.82. The number of tetrazole rings is 1. The minimum Gasteiger partial charge on any atom is -0.398 e. The fourth-order valence-corrected chi connectivity index (χ4v) is 1.91. The molecule has 0 bridgehead atoms. The highest BCUT2D eigenvalue weighted by molar-refractivity contribution is 14.1. The molecule has 0 saturated carbocycles. The standard InChI is InChI=1S/C8H9IN6/c9-7-2-6(15-4-12-13-14-15)1-5(3-10)8(7)11/h1-2,4H,3,10-11H2. The summed E-state index contributed by atoms with van der Waals surface area (Å²) in [4.78, 5) is 0. The topological polar surface area (TPSA) is 95.6 Å². The van der Waals surface area contributed by atoms with Crippen molar-refractivity contribution in [3.63, 3.8) is 0 Å². The number of nitrogen functional groups attached to an aromatic ring is 1. The van der Waals surface area contributed by atoms with Crippen molar-refractivity contribution in [1.82, 2.24) is 20.2 Å². The molecule has 0 aliphatic rings. The van der Waals surface area contributed by atoms with Crippen molar-refractivity contribution in [3.05, 3.63) is 27.6 Å². The van der Waals surface area contributed by atoms with Crippen molar-refractivity contribution in [2.24, 2.45) is 5.73 Å². The Bertz CT molecular complexity index is 466. The van der Waals surface area contributed by atoms with E-state index in [2.05, 4.69) is 38.1 Å². The second-order valence-corrected chi connectivity index (χ2v) is 4.12. The van der Waals surface area contributed by atoms with E-state index >= 15 is 0 Å². The van der Waals surface area contributed by atoms with Gasteiger partial charge in [0.05, 0.1) is 5.69 Å². The molecule has 0 radical (unpaired) electrons. The number of halogens is 1. The van der Waals surface area contributed by atoms with E-state index < -0.39 is 0 Å². The molecule has 0 unspecified atom stereocenters. The van der Waals surface area contributed by atoms with Gasteiger partial charge in [-0.15, -0.1) is 5.10 Å². The first-order valence-corrected chi connectivity index (χ1v) is 5.31. The molecule has 2 aromatic rings. The Balaban J connectivity index is 2.55. The van der Waals surface area contributed by atoms with E-state index in [-0.39, 0.29) is 0 Å². The number of rotatable bonds is 2. The minimum atomic E-state index is 0.401. The van der Waals surface area contributed by atoms with E-state index in [1.54, 1.807) is 4.68 Å². The van der Waals surface area contributed by atoms with Crippen LogP contribution in [0.2, 0.25) is 0 Å². The van der Waals surface area contributed by atoms with Crippen molar-refractivity contribution >= 4 is 28.3 Å². The van der Waals surface area contributed by atoms with Gasteiger partial charge in [-0.1, -0.05) is 0 Å². The van der Waals surface area contributed by atoms with Crippen LogP contribution in [-0.4, -0.2) is 20.2 Å². The molecule has 0 atom stereocenters. The molecule has 1 aromatic carbocycles. The first kappa shape index (κ1) is 10.3. The van der Waals surface area contributed by atoms with Gasteiger partial charge in [0.25, 0.3) is 0 Å². The van der Waals surface area contributed by atoms with Gasteiger partial charge < -0.3 is 11.5 Å². The predicted octanol–water partition coefficient (Wildman–Crippen LogP) is 0.308. The summed E-state index contributed by atoms with van der Waals surface area (Å²) in [7, 11) is 0. The second kappa shape index (κ2) is 4.11. The highest BCUT2D eigenvalue weighted by atomic mass is 127. The molecule has 0 aliphatic carbocycles. The molecule has 4 N–H and O–H groups in total. The van der Waals surface area contributed by atoms with Crippen LogP contribution in [0.15, 0.2) is 18.5 Å². The van der Waals surface area contributed by atoms with E-state index in [1.807, 2.05) is 12.1 Å². The zero-order valence-electron chi connectivity index (χ0n) is 7.76. The van der Waals surface area contributed by atoms with Crippen LogP contribution < -0.4 is 11.5 Å². The third kappa shape index (κ3) is 1.92. The van der Waals surface area contributed by atoms with Crippen molar-refractivity contribution in [2.75, 3.05) is 5.73 Å². The highest BCUT2D eigenvalue weighted by Crippen LogP contribution is 2.23. The number of aromatic nitrogens is 4. The number of anilines is 1. The normalized spacial score (nSPS) is 10.5. The van der Waals surface area contributed by atoms with Gasteiger partial charge in [0.2, 0.25) is 0 Å². The van der Waals surface area contributed by atoms with Gasteiger partial charge in [-0.25, -0.2) is 4.68 Å². The summed E-state index contributed by atoms with van der Waals surface area (Å²) in [5.74, 6) is 0. The maximum absolute atomic E-state index is 5.87. The van der Waals surface area contributed by atoms with Gasteiger partial charge in [0, 0.05) is 15.8 Å². The summed E-state index contributed by atoms with van der Waals surface area (Å²) in [6, 6.07) is 3.79. The summed E-state index contributed by atoms with van der Waals surface area (Å²) < 4.78 is 2.52. The fourth-order valence-electron chi connectivity index (χ4n) is 1.24. The van der Waals surface area contributed by atoms with Crippen LogP contribution in [0.5, 0.6) is 0 Å². The maximum atomic E-state index is 5.87. The molecule has 0 saturated heterocycles. The van der Waals surface area contributed by atoms with E-state index in [1.165, 1.54) is 6.33 Å². The van der Waals surface area contributed by atoms with Gasteiger partial charge in [0.1, 0.15) is 6.33 Å². The lowest BCUT2D eigenvalue weighted by Crippen LogP contribution is -2.06. The molecule has 15 heavy (non-hydrogen) atoms. The number of nitrogens with zero attached hydrogens (tertiary/aromatic N) is 4. The molecular formula is C8H9IN6. The number of hydrogen-bond donors (Lipinski definition) is 2. The van der Waals surface area contributed by atoms with Crippen LogP contribution in [0.3, 0.4) is 0 Å². The van der Waals surface area contributed by atoms with Crippen molar-refractivity contribution < 1.29 is 0 Å². The van der Waals surface area contributed by atoms with Crippen LogP contribution >= 0.6 is 22.6 Å².